The smallest absolute Gasteiger partial charge is 0.870 e. The van der Waals surface area contributed by atoms with Gasteiger partial charge in [-0.05, 0) is 194 Å². The van der Waals surface area contributed by atoms with Gasteiger partial charge in [-0.25, -0.2) is 9.59 Å². The number of hydrogen-bond donors (Lipinski definition) is 1. The van der Waals surface area contributed by atoms with E-state index in [1.54, 1.807) is 28.8 Å². The Labute approximate surface area is 538 Å². The average molecular weight is 1200 g/mol. The van der Waals surface area contributed by atoms with Gasteiger partial charge in [0.1, 0.15) is 11.5 Å². The summed E-state index contributed by atoms with van der Waals surface area (Å²) in [6, 6.07) is 13.3. The first kappa shape index (κ1) is 66.5. The van der Waals surface area contributed by atoms with Crippen LogP contribution in [-0.4, -0.2) is 148 Å². The van der Waals surface area contributed by atoms with Gasteiger partial charge in [-0.3, -0.25) is 29.4 Å². The summed E-state index contributed by atoms with van der Waals surface area (Å²) in [7, 11) is 1.38. The van der Waals surface area contributed by atoms with Crippen LogP contribution in [0, 0.1) is 0 Å². The molecule has 7 heterocycles. The van der Waals surface area contributed by atoms with Gasteiger partial charge in [0.25, 0.3) is 11.8 Å². The van der Waals surface area contributed by atoms with Crippen LogP contribution in [-0.2, 0) is 48.2 Å². The molecular weight excluding hydrogens is 1110 g/mol. The summed E-state index contributed by atoms with van der Waals surface area (Å²) in [6.07, 6.45) is 21.8. The fraction of sp³-hybridized carbons (Fsp3) is 0.629. The number of pyridine rings is 2. The van der Waals surface area contributed by atoms with Gasteiger partial charge in [-0.1, -0.05) is 38.8 Å². The van der Waals surface area contributed by atoms with Gasteiger partial charge < -0.3 is 39.3 Å². The number of methoxy groups -OCH3 is 1. The number of fused-ring (bicyclic) bond motifs is 2. The average Bonchev–Trinajstić information content (AvgIpc) is 1.91. The van der Waals surface area contributed by atoms with E-state index in [1.165, 1.54) is 88.0 Å². The molecule has 2 aromatic carbocycles. The van der Waals surface area contributed by atoms with Crippen molar-refractivity contribution < 1.29 is 78.3 Å². The monoisotopic (exact) mass is 1200 g/mol. The van der Waals surface area contributed by atoms with E-state index >= 15 is 0 Å². The summed E-state index contributed by atoms with van der Waals surface area (Å²) in [5.41, 5.74) is 13.4. The van der Waals surface area contributed by atoms with Crippen LogP contribution in [0.5, 0.6) is 11.5 Å². The molecule has 9 aliphatic rings. The number of piperidine rings is 2. The molecule has 1 atom stereocenters. The second-order valence-electron chi connectivity index (χ2n) is 25.7. The maximum Gasteiger partial charge on any atom is 1.00 e. The van der Waals surface area contributed by atoms with E-state index in [1.807, 2.05) is 16.7 Å². The molecule has 2 amide bonds. The number of hydrogen-bond acceptors (Lipinski definition) is 13. The fourth-order valence-electron chi connectivity index (χ4n) is 14.1. The normalized spacial score (nSPS) is 20.6. The number of benzene rings is 2. The number of amides is 2. The Kier molecular flexibility index (Phi) is 23.1. The molecule has 13 rings (SSSR count). The van der Waals surface area contributed by atoms with E-state index in [2.05, 4.69) is 66.7 Å². The van der Waals surface area contributed by atoms with Crippen molar-refractivity contribution in [2.24, 2.45) is 0 Å². The number of carbonyl (C=O) groups excluding carboxylic acids is 3. The molecule has 87 heavy (non-hydrogen) atoms. The first-order chi connectivity index (χ1) is 41.4. The molecule has 0 spiro atoms. The first-order valence-electron chi connectivity index (χ1n) is 33.0. The van der Waals surface area contributed by atoms with Gasteiger partial charge in [0.2, 0.25) is 0 Å². The predicted octanol–water partition coefficient (Wildman–Crippen LogP) is 9.20. The van der Waals surface area contributed by atoms with Gasteiger partial charge in [-0.2, -0.15) is 0 Å². The van der Waals surface area contributed by atoms with E-state index in [0.29, 0.717) is 74.1 Å². The molecule has 5 aliphatic heterocycles. The van der Waals surface area contributed by atoms with E-state index in [-0.39, 0.29) is 64.5 Å². The third-order valence-corrected chi connectivity index (χ3v) is 19.3. The maximum absolute atomic E-state index is 13.6. The standard InChI is InChI=1S/C33H43N3O4.C32H41N3O4.C5H10O.Na.H2O/c1-4-6-29-28(33(38)39-3)18-27-30(34-29)13-16-36(32(27)37)24-11-14-35(15-12-24)20-23-17-25(21-7-8-21)26(22-9-10-22)19-31(23)40-5-2;1-3-5-28-27(32(37)38)17-26-29(33-28)12-15-35(31(26)36)23-10-13-34(14-11-23)19-22-16-24(20-6-7-20)25(21-8-9-21)18-30(22)39-4-2;1-5-3-2-4-6-5;;/h17-19,21-22,24H,4-16,20H2,1-3H3;16-18,20-21,23H,3-15,19H2,1-2H3,(H,37,38);5H,2-4H2,1H3;;1H2/q;;;+1;/p-1. The van der Waals surface area contributed by atoms with Crippen LogP contribution in [0.3, 0.4) is 0 Å². The number of carboxylic acids is 1. The van der Waals surface area contributed by atoms with Crippen LogP contribution in [0.2, 0.25) is 0 Å². The third-order valence-electron chi connectivity index (χ3n) is 19.3. The second-order valence-corrected chi connectivity index (χ2v) is 25.7. The molecular formula is C70H95N6NaO10. The van der Waals surface area contributed by atoms with E-state index in [4.69, 9.17) is 23.9 Å². The molecule has 2 aromatic heterocycles. The van der Waals surface area contributed by atoms with Crippen LogP contribution in [0.15, 0.2) is 36.4 Å². The number of carbonyl (C=O) groups is 4. The van der Waals surface area contributed by atoms with Gasteiger partial charge >= 0.3 is 41.5 Å². The van der Waals surface area contributed by atoms with Crippen molar-refractivity contribution >= 4 is 23.8 Å². The molecule has 4 aliphatic carbocycles. The zero-order valence-electron chi connectivity index (χ0n) is 53.3. The summed E-state index contributed by atoms with van der Waals surface area (Å²) in [6.45, 7) is 19.6. The molecule has 0 bridgehead atoms. The number of ether oxygens (including phenoxy) is 4. The number of nitrogens with zero attached hydrogens (tertiary/aromatic N) is 6. The molecule has 0 radical (unpaired) electrons. The second kappa shape index (κ2) is 30.2. The minimum Gasteiger partial charge on any atom is -0.870 e. The zero-order valence-corrected chi connectivity index (χ0v) is 55.3. The van der Waals surface area contributed by atoms with Crippen molar-refractivity contribution in [2.75, 3.05) is 66.2 Å². The van der Waals surface area contributed by atoms with Crippen LogP contribution >= 0.6 is 0 Å². The minimum absolute atomic E-state index is 0. The Balaban J connectivity index is 0.000000185. The maximum atomic E-state index is 13.6. The van der Waals surface area contributed by atoms with Gasteiger partial charge in [0.05, 0.1) is 71.5 Å². The van der Waals surface area contributed by atoms with Crippen molar-refractivity contribution in [3.8, 4) is 11.5 Å². The molecule has 17 heteroatoms. The Bertz CT molecular complexity index is 3060. The van der Waals surface area contributed by atoms with E-state index in [0.717, 1.165) is 143 Å². The fourth-order valence-corrected chi connectivity index (χ4v) is 14.1. The van der Waals surface area contributed by atoms with Crippen molar-refractivity contribution in [1.29, 1.82) is 0 Å². The Hall–Kier alpha value is -4.94. The van der Waals surface area contributed by atoms with E-state index < -0.39 is 11.9 Å². The number of esters is 1. The van der Waals surface area contributed by atoms with E-state index in [9.17, 15) is 24.3 Å². The van der Waals surface area contributed by atoms with Crippen LogP contribution in [0.1, 0.15) is 259 Å². The molecule has 7 fully saturated rings. The molecule has 16 nitrogen and oxygen atoms in total. The SMILES string of the molecule is CC1CCCO1.CCCc1nc2c(cc1C(=O)O)C(=O)N(C1CCN(Cc3cc(C4CC4)c(C4CC4)cc3OCC)CC1)CC2.CCCc1nc2c(cc1C(=O)OC)C(=O)N(C1CCN(Cc3cc(C4CC4)c(C4CC4)cc3OCC)CC1)CC2.[Na+].[OH-]. The van der Waals surface area contributed by atoms with Crippen molar-refractivity contribution in [3.05, 3.63) is 115 Å². The van der Waals surface area contributed by atoms with Crippen molar-refractivity contribution in [3.63, 3.8) is 0 Å². The van der Waals surface area contributed by atoms with Crippen molar-refractivity contribution in [1.82, 2.24) is 29.6 Å². The van der Waals surface area contributed by atoms with Gasteiger partial charge in [0, 0.05) is 95.0 Å². The van der Waals surface area contributed by atoms with Crippen molar-refractivity contribution in [2.45, 2.75) is 218 Å². The topological polar surface area (TPSA) is 194 Å². The number of aryl methyl sites for hydroxylation is 2. The molecule has 1 unspecified atom stereocenters. The third kappa shape index (κ3) is 16.0. The van der Waals surface area contributed by atoms with Crippen LogP contribution in [0.4, 0.5) is 0 Å². The van der Waals surface area contributed by atoms with Crippen LogP contribution in [0.25, 0.3) is 0 Å². The number of aromatic nitrogens is 2. The summed E-state index contributed by atoms with van der Waals surface area (Å²) < 4.78 is 22.5. The van der Waals surface area contributed by atoms with Gasteiger partial charge in [-0.15, -0.1) is 0 Å². The summed E-state index contributed by atoms with van der Waals surface area (Å²) in [5.74, 6) is 3.60. The zero-order chi connectivity index (χ0) is 59.3. The largest absolute Gasteiger partial charge is 1.00 e. The summed E-state index contributed by atoms with van der Waals surface area (Å²) >= 11 is 0. The Morgan fingerprint density at radius 2 is 0.977 bits per heavy atom. The molecule has 3 saturated heterocycles. The quantitative estimate of drug-likeness (QED) is 0.0650. The minimum atomic E-state index is -1.01. The summed E-state index contributed by atoms with van der Waals surface area (Å²) in [4.78, 5) is 69.9. The molecule has 2 N–H and O–H groups in total. The Morgan fingerprint density at radius 1 is 0.575 bits per heavy atom. The van der Waals surface area contributed by atoms with Crippen LogP contribution < -0.4 is 39.0 Å². The van der Waals surface area contributed by atoms with Gasteiger partial charge in [0.15, 0.2) is 0 Å². The summed E-state index contributed by atoms with van der Waals surface area (Å²) in [5, 5.41) is 9.71. The molecule has 466 valence electrons. The number of likely N-dealkylation sites (tertiary alicyclic amines) is 2. The number of rotatable bonds is 20. The first-order valence-corrected chi connectivity index (χ1v) is 33.0. The molecule has 4 saturated carbocycles. The number of carboxylic acid groups (broad SMARTS) is 1. The number of aromatic carboxylic acids is 1. The Morgan fingerprint density at radius 3 is 1.31 bits per heavy atom. The predicted molar refractivity (Wildman–Crippen MR) is 331 cm³/mol. The molecule has 4 aromatic rings.